The standard InChI is InChI=1S/C45H67NO9/c1-28(29-8-3-4-9-29)30-10-11-34-35(49)12-16-39(26-47)36-13-17-40-14-5-6-15-42-33(25-46-18-7-19-54-2)21-31(41(40,27-48)37(42)22-38(50)55-42)24-44(40,52)43(36,51)23-32(20-30)45(34,39)53/h21-22,26,28-32,34-36,46,48-49,51-53H,3-20,23-25,27H2,1-2H3. The van der Waals surface area contributed by atoms with Gasteiger partial charge in [0.25, 0.3) is 0 Å². The predicted molar refractivity (Wildman–Crippen MR) is 204 cm³/mol. The summed E-state index contributed by atoms with van der Waals surface area (Å²) in [7, 11) is 1.68. The molecule has 0 radical (unpaired) electrons. The first-order valence-corrected chi connectivity index (χ1v) is 22.2. The molecule has 55 heavy (non-hydrogen) atoms. The zero-order valence-electron chi connectivity index (χ0n) is 33.3. The molecule has 0 amide bonds. The number of methoxy groups -OCH3 is 1. The summed E-state index contributed by atoms with van der Waals surface area (Å²) in [5, 5.41) is 68.6. The van der Waals surface area contributed by atoms with Crippen molar-refractivity contribution in [3.63, 3.8) is 0 Å². The van der Waals surface area contributed by atoms with Gasteiger partial charge in [-0.1, -0.05) is 45.1 Å². The Labute approximate surface area is 326 Å². The molecule has 1 heterocycles. The highest BCUT2D eigenvalue weighted by Crippen LogP contribution is 2.81. The van der Waals surface area contributed by atoms with E-state index in [1.807, 2.05) is 0 Å². The number of aliphatic hydroxyl groups excluding tert-OH is 2. The van der Waals surface area contributed by atoms with Crippen LogP contribution in [0.1, 0.15) is 122 Å². The third-order valence-electron chi connectivity index (χ3n) is 18.9. The summed E-state index contributed by atoms with van der Waals surface area (Å²) in [5.41, 5.74) is -7.70. The lowest BCUT2D eigenvalue weighted by molar-refractivity contribution is -0.349. The van der Waals surface area contributed by atoms with E-state index in [-0.39, 0.29) is 37.7 Å². The molecule has 9 aliphatic rings. The van der Waals surface area contributed by atoms with Gasteiger partial charge >= 0.3 is 5.97 Å². The van der Waals surface area contributed by atoms with E-state index in [0.29, 0.717) is 76.5 Å². The van der Waals surface area contributed by atoms with Crippen LogP contribution in [-0.2, 0) is 19.1 Å². The van der Waals surface area contributed by atoms with Gasteiger partial charge in [-0.3, -0.25) is 0 Å². The summed E-state index contributed by atoms with van der Waals surface area (Å²) in [6, 6.07) is 0. The molecular weight excluding hydrogens is 698 g/mol. The van der Waals surface area contributed by atoms with Gasteiger partial charge in [0.2, 0.25) is 0 Å². The van der Waals surface area contributed by atoms with Gasteiger partial charge in [0.15, 0.2) is 5.60 Å². The summed E-state index contributed by atoms with van der Waals surface area (Å²) in [4.78, 5) is 27.6. The van der Waals surface area contributed by atoms with Crippen molar-refractivity contribution in [1.82, 2.24) is 5.32 Å². The summed E-state index contributed by atoms with van der Waals surface area (Å²) < 4.78 is 11.7. The second-order valence-electron chi connectivity index (χ2n) is 20.2. The molecule has 0 saturated heterocycles. The second-order valence-corrected chi connectivity index (χ2v) is 20.2. The average Bonchev–Trinajstić information content (AvgIpc) is 3.84. The van der Waals surface area contributed by atoms with Gasteiger partial charge in [-0.05, 0) is 131 Å². The van der Waals surface area contributed by atoms with E-state index in [0.717, 1.165) is 43.1 Å². The van der Waals surface area contributed by atoms with Crippen LogP contribution in [0.25, 0.3) is 0 Å². The van der Waals surface area contributed by atoms with Crippen LogP contribution < -0.4 is 5.32 Å². The second kappa shape index (κ2) is 13.4. The number of allylic oxidation sites excluding steroid dienone is 1. The van der Waals surface area contributed by atoms with Crippen LogP contribution in [0.5, 0.6) is 0 Å². The Bertz CT molecular complexity index is 1610. The lowest BCUT2D eigenvalue weighted by Gasteiger charge is -2.73. The molecule has 1 spiro atoms. The van der Waals surface area contributed by atoms with Gasteiger partial charge in [0.1, 0.15) is 11.9 Å². The van der Waals surface area contributed by atoms with E-state index < -0.39 is 68.5 Å². The normalized spacial score (nSPS) is 50.6. The third-order valence-corrected chi connectivity index (χ3v) is 18.9. The summed E-state index contributed by atoms with van der Waals surface area (Å²) >= 11 is 0. The minimum absolute atomic E-state index is 0.143. The first-order valence-electron chi connectivity index (χ1n) is 22.2. The van der Waals surface area contributed by atoms with Crippen LogP contribution in [0, 0.1) is 57.7 Å². The van der Waals surface area contributed by atoms with E-state index in [9.17, 15) is 35.1 Å². The number of rotatable bonds is 10. The van der Waals surface area contributed by atoms with E-state index in [1.165, 1.54) is 25.7 Å². The van der Waals surface area contributed by atoms with Gasteiger partial charge in [-0.15, -0.1) is 0 Å². The van der Waals surface area contributed by atoms with Gasteiger partial charge < -0.3 is 45.1 Å². The van der Waals surface area contributed by atoms with Crippen LogP contribution in [0.2, 0.25) is 0 Å². The van der Waals surface area contributed by atoms with Crippen LogP contribution in [-0.4, -0.2) is 99.7 Å². The first-order chi connectivity index (χ1) is 26.4. The Balaban J connectivity index is 1.18. The number of hydrogen-bond acceptors (Lipinski definition) is 10. The van der Waals surface area contributed by atoms with Gasteiger partial charge in [-0.25, -0.2) is 4.79 Å². The first kappa shape index (κ1) is 38.8. The highest BCUT2D eigenvalue weighted by atomic mass is 16.6. The molecule has 14 atom stereocenters. The molecule has 0 aromatic rings. The number of aliphatic hydroxyl groups is 5. The maximum Gasteiger partial charge on any atom is 0.332 e. The Morgan fingerprint density at radius 1 is 0.982 bits per heavy atom. The van der Waals surface area contributed by atoms with Gasteiger partial charge in [0.05, 0.1) is 29.3 Å². The summed E-state index contributed by atoms with van der Waals surface area (Å²) in [6.07, 6.45) is 16.3. The number of ether oxygens (including phenoxy) is 2. The highest BCUT2D eigenvalue weighted by Gasteiger charge is 2.86. The Kier molecular flexibility index (Phi) is 9.49. The topological polar surface area (TPSA) is 166 Å². The third kappa shape index (κ3) is 4.74. The largest absolute Gasteiger partial charge is 0.447 e. The molecule has 0 aromatic heterocycles. The Morgan fingerprint density at radius 2 is 1.76 bits per heavy atom. The number of esters is 1. The molecule has 7 saturated carbocycles. The van der Waals surface area contributed by atoms with Gasteiger partial charge in [-0.2, -0.15) is 0 Å². The van der Waals surface area contributed by atoms with Crippen molar-refractivity contribution in [2.45, 2.75) is 151 Å². The molecule has 8 aliphatic carbocycles. The fraction of sp³-hybridized carbons (Fsp3) is 0.867. The van der Waals surface area contributed by atoms with Crippen molar-refractivity contribution in [1.29, 1.82) is 0 Å². The van der Waals surface area contributed by atoms with Crippen molar-refractivity contribution < 1.29 is 44.6 Å². The Morgan fingerprint density at radius 3 is 2.51 bits per heavy atom. The molecule has 2 bridgehead atoms. The average molecular weight is 766 g/mol. The van der Waals surface area contributed by atoms with Crippen LogP contribution in [0.3, 0.4) is 0 Å². The SMILES string of the molecule is COCCCNCC1=CC2CC3(O)C4(O)CC5CC(C(C)C6CCCC6)CCC6C(O)CCC(C=O)(C4CCC34CCCCC13OC(=O)C=C3C24CO)C56O. The zero-order chi connectivity index (χ0) is 38.6. The quantitative estimate of drug-likeness (QED) is 0.0806. The fourth-order valence-electron chi connectivity index (χ4n) is 16.6. The number of fused-ring (bicyclic) bond motifs is 3. The van der Waals surface area contributed by atoms with Crippen molar-refractivity contribution in [3.8, 4) is 0 Å². The van der Waals surface area contributed by atoms with Crippen LogP contribution in [0.4, 0.5) is 0 Å². The van der Waals surface area contributed by atoms with Crippen LogP contribution >= 0.6 is 0 Å². The van der Waals surface area contributed by atoms with E-state index in [1.54, 1.807) is 13.2 Å². The van der Waals surface area contributed by atoms with E-state index in [2.05, 4.69) is 18.3 Å². The molecule has 306 valence electrons. The number of carbonyl (C=O) groups excluding carboxylic acids is 2. The monoisotopic (exact) mass is 765 g/mol. The van der Waals surface area contributed by atoms with Gasteiger partial charge in [0, 0.05) is 49.0 Å². The molecule has 10 heteroatoms. The van der Waals surface area contributed by atoms with Crippen molar-refractivity contribution in [3.05, 3.63) is 23.3 Å². The summed E-state index contributed by atoms with van der Waals surface area (Å²) in [5.74, 6) is -1.19. The van der Waals surface area contributed by atoms with Crippen molar-refractivity contribution >= 4 is 12.3 Å². The zero-order valence-corrected chi connectivity index (χ0v) is 33.3. The van der Waals surface area contributed by atoms with Crippen molar-refractivity contribution in [2.24, 2.45) is 57.7 Å². The van der Waals surface area contributed by atoms with E-state index >= 15 is 0 Å². The smallest absolute Gasteiger partial charge is 0.332 e. The molecule has 0 aromatic carbocycles. The highest BCUT2D eigenvalue weighted by molar-refractivity contribution is 5.89. The number of hydrogen-bond donors (Lipinski definition) is 6. The minimum Gasteiger partial charge on any atom is -0.447 e. The fourth-order valence-corrected chi connectivity index (χ4v) is 16.6. The molecule has 6 N–H and O–H groups in total. The van der Waals surface area contributed by atoms with Crippen molar-refractivity contribution in [2.75, 3.05) is 33.4 Å². The molecule has 1 aliphatic heterocycles. The molecule has 10 nitrogen and oxygen atoms in total. The Hall–Kier alpha value is -1.66. The predicted octanol–water partition coefficient (Wildman–Crippen LogP) is 4.54. The molecular formula is C45H67NO9. The maximum absolute atomic E-state index is 14.1. The molecule has 14 unspecified atom stereocenters. The lowest BCUT2D eigenvalue weighted by Crippen LogP contribution is -2.81. The number of aldehydes is 1. The maximum atomic E-state index is 14.1. The number of carbonyl (C=O) groups is 2. The molecule has 7 fully saturated rings. The summed E-state index contributed by atoms with van der Waals surface area (Å²) in [6.45, 7) is 3.89. The molecule has 9 rings (SSSR count). The minimum atomic E-state index is -1.75. The number of nitrogens with one attached hydrogen (secondary N) is 1. The lowest BCUT2D eigenvalue weighted by atomic mass is 9.34. The van der Waals surface area contributed by atoms with Crippen LogP contribution in [0.15, 0.2) is 23.3 Å². The van der Waals surface area contributed by atoms with E-state index in [4.69, 9.17) is 9.47 Å².